The van der Waals surface area contributed by atoms with Crippen LogP contribution in [0.25, 0.3) is 11.4 Å². The highest BCUT2D eigenvalue weighted by atomic mass is 32.2. The number of alkyl halides is 3. The number of amides is 1. The number of benzene rings is 2. The molecule has 5 rings (SSSR count). The average molecular weight is 541 g/mol. The Hall–Kier alpha value is -4.32. The molecule has 0 saturated heterocycles. The van der Waals surface area contributed by atoms with Crippen LogP contribution >= 0.6 is 0 Å². The van der Waals surface area contributed by atoms with E-state index in [2.05, 4.69) is 15.3 Å². The summed E-state index contributed by atoms with van der Waals surface area (Å²) in [5.74, 6) is -1.34. The van der Waals surface area contributed by atoms with Gasteiger partial charge >= 0.3 is 6.18 Å². The number of aromatic nitrogens is 3. The average Bonchev–Trinajstić information content (AvgIpc) is 2.86. The van der Waals surface area contributed by atoms with Crippen LogP contribution in [0.5, 0.6) is 0 Å². The number of sulfone groups is 1. The normalized spacial score (nSPS) is 14.4. The first-order valence-electron chi connectivity index (χ1n) is 11.3. The summed E-state index contributed by atoms with van der Waals surface area (Å²) >= 11 is 0. The highest BCUT2D eigenvalue weighted by Crippen LogP contribution is 2.41. The Labute approximate surface area is 214 Å². The first-order valence-corrected chi connectivity index (χ1v) is 12.7. The van der Waals surface area contributed by atoms with Gasteiger partial charge in [0.2, 0.25) is 9.84 Å². The number of hydrogen-bond donors (Lipinski definition) is 2. The van der Waals surface area contributed by atoms with E-state index in [4.69, 9.17) is 0 Å². The number of nitrogens with zero attached hydrogens (tertiary/aromatic N) is 2. The molecule has 3 heterocycles. The molecule has 0 saturated carbocycles. The minimum Gasteiger partial charge on any atom is -0.341 e. The SMILES string of the molecule is Cc1ccc2c(c1)S(=O)(=O)c1cc(C)ccc1C2NC(=O)c1cc(-c2ncccn2)c(C(F)(F)F)[nH]c1=O. The minimum atomic E-state index is -4.95. The quantitative estimate of drug-likeness (QED) is 0.403. The zero-order valence-corrected chi connectivity index (χ0v) is 20.7. The van der Waals surface area contributed by atoms with Gasteiger partial charge in [0.25, 0.3) is 11.5 Å². The Morgan fingerprint density at radius 1 is 0.947 bits per heavy atom. The standard InChI is InChI=1S/C26H19F3N4O4S/c1-13-4-6-15-19(10-13)38(36,37)20-11-14(2)5-7-16(20)21(15)32-24(34)18-12-17(23-30-8-3-9-31-23)22(26(27,28)29)33-25(18)35/h3-12,21H,1-2H3,(H,32,34)(H,33,35). The Kier molecular flexibility index (Phi) is 5.94. The number of H-pyrrole nitrogens is 1. The van der Waals surface area contributed by atoms with E-state index in [-0.39, 0.29) is 26.7 Å². The third kappa shape index (κ3) is 4.26. The second-order valence-corrected chi connectivity index (χ2v) is 10.7. The van der Waals surface area contributed by atoms with Gasteiger partial charge in [-0.15, -0.1) is 0 Å². The Morgan fingerprint density at radius 2 is 1.50 bits per heavy atom. The molecule has 0 fully saturated rings. The molecule has 8 nitrogen and oxygen atoms in total. The summed E-state index contributed by atoms with van der Waals surface area (Å²) in [6, 6.07) is 10.7. The minimum absolute atomic E-state index is 0.000559. The lowest BCUT2D eigenvalue weighted by molar-refractivity contribution is -0.140. The largest absolute Gasteiger partial charge is 0.432 e. The summed E-state index contributed by atoms with van der Waals surface area (Å²) in [5.41, 5.74) is -1.95. The van der Waals surface area contributed by atoms with Gasteiger partial charge in [-0.2, -0.15) is 13.2 Å². The fourth-order valence-electron chi connectivity index (χ4n) is 4.41. The highest BCUT2D eigenvalue weighted by Gasteiger charge is 2.39. The molecule has 0 unspecified atom stereocenters. The van der Waals surface area contributed by atoms with Gasteiger partial charge in [0.1, 0.15) is 11.3 Å². The summed E-state index contributed by atoms with van der Waals surface area (Å²) in [6.07, 6.45) is -2.49. The smallest absolute Gasteiger partial charge is 0.341 e. The van der Waals surface area contributed by atoms with Crippen LogP contribution in [0.3, 0.4) is 0 Å². The number of hydrogen-bond acceptors (Lipinski definition) is 6. The number of pyridine rings is 1. The first kappa shape index (κ1) is 25.3. The first-order chi connectivity index (χ1) is 17.9. The van der Waals surface area contributed by atoms with Crippen molar-refractivity contribution in [1.29, 1.82) is 0 Å². The lowest BCUT2D eigenvalue weighted by Gasteiger charge is -2.29. The van der Waals surface area contributed by atoms with Gasteiger partial charge in [0.15, 0.2) is 5.82 Å². The predicted molar refractivity (Wildman–Crippen MR) is 130 cm³/mol. The molecule has 0 atom stereocenters. The van der Waals surface area contributed by atoms with Crippen LogP contribution in [-0.2, 0) is 16.0 Å². The van der Waals surface area contributed by atoms with Gasteiger partial charge in [-0.1, -0.05) is 24.3 Å². The molecule has 1 aliphatic heterocycles. The molecular weight excluding hydrogens is 521 g/mol. The van der Waals surface area contributed by atoms with Crippen LogP contribution in [0.2, 0.25) is 0 Å². The predicted octanol–water partition coefficient (Wildman–Crippen LogP) is 4.13. The fraction of sp³-hybridized carbons (Fsp3) is 0.154. The molecule has 2 aromatic heterocycles. The van der Waals surface area contributed by atoms with E-state index in [1.54, 1.807) is 43.1 Å². The van der Waals surface area contributed by atoms with Crippen LogP contribution in [0.15, 0.2) is 75.5 Å². The van der Waals surface area contributed by atoms with Crippen molar-refractivity contribution in [3.8, 4) is 11.4 Å². The van der Waals surface area contributed by atoms with Crippen molar-refractivity contribution >= 4 is 15.7 Å². The maximum atomic E-state index is 13.7. The van der Waals surface area contributed by atoms with E-state index < -0.39 is 50.3 Å². The molecule has 1 amide bonds. The number of halogens is 3. The van der Waals surface area contributed by atoms with Gasteiger partial charge in [0, 0.05) is 18.0 Å². The molecule has 194 valence electrons. The van der Waals surface area contributed by atoms with E-state index in [1.165, 1.54) is 30.6 Å². The van der Waals surface area contributed by atoms with E-state index in [0.717, 1.165) is 6.07 Å². The number of aryl methyl sites for hydroxylation is 2. The summed E-state index contributed by atoms with van der Waals surface area (Å²) in [4.78, 5) is 35.5. The second kappa shape index (κ2) is 8.91. The summed E-state index contributed by atoms with van der Waals surface area (Å²) in [7, 11) is -3.91. The number of aromatic amines is 1. The third-order valence-electron chi connectivity index (χ3n) is 6.19. The Bertz CT molecular complexity index is 1710. The molecule has 4 aromatic rings. The van der Waals surface area contributed by atoms with Crippen LogP contribution in [-0.4, -0.2) is 29.3 Å². The zero-order chi connectivity index (χ0) is 27.4. The zero-order valence-electron chi connectivity index (χ0n) is 19.9. The number of rotatable bonds is 3. The maximum absolute atomic E-state index is 13.7. The van der Waals surface area contributed by atoms with Crippen LogP contribution in [0.4, 0.5) is 13.2 Å². The van der Waals surface area contributed by atoms with Gasteiger partial charge < -0.3 is 10.3 Å². The summed E-state index contributed by atoms with van der Waals surface area (Å²) in [5, 5.41) is 2.66. The molecule has 0 spiro atoms. The van der Waals surface area contributed by atoms with Gasteiger partial charge in [-0.3, -0.25) is 9.59 Å². The van der Waals surface area contributed by atoms with Crippen LogP contribution in [0.1, 0.15) is 44.3 Å². The number of carbonyl (C=O) groups is 1. The molecule has 0 radical (unpaired) electrons. The third-order valence-corrected chi connectivity index (χ3v) is 8.06. The van der Waals surface area contributed by atoms with Crippen molar-refractivity contribution in [2.24, 2.45) is 0 Å². The van der Waals surface area contributed by atoms with Crippen LogP contribution in [0, 0.1) is 13.8 Å². The number of nitrogens with one attached hydrogen (secondary N) is 2. The molecule has 1 aliphatic rings. The number of fused-ring (bicyclic) bond motifs is 2. The lowest BCUT2D eigenvalue weighted by Crippen LogP contribution is -2.37. The fourth-order valence-corrected chi connectivity index (χ4v) is 6.32. The molecule has 12 heteroatoms. The van der Waals surface area contributed by atoms with E-state index in [0.29, 0.717) is 11.1 Å². The van der Waals surface area contributed by atoms with E-state index in [1.807, 2.05) is 0 Å². The lowest BCUT2D eigenvalue weighted by atomic mass is 9.95. The van der Waals surface area contributed by atoms with Gasteiger partial charge in [-0.05, 0) is 60.4 Å². The molecule has 0 bridgehead atoms. The number of carbonyl (C=O) groups excluding carboxylic acids is 1. The molecule has 0 aliphatic carbocycles. The maximum Gasteiger partial charge on any atom is 0.432 e. The van der Waals surface area contributed by atoms with Crippen LogP contribution < -0.4 is 10.9 Å². The molecule has 2 N–H and O–H groups in total. The van der Waals surface area contributed by atoms with Crippen molar-refractivity contribution in [1.82, 2.24) is 20.3 Å². The molecule has 38 heavy (non-hydrogen) atoms. The van der Waals surface area contributed by atoms with E-state index in [9.17, 15) is 31.2 Å². The van der Waals surface area contributed by atoms with Gasteiger partial charge in [0.05, 0.1) is 15.8 Å². The molecular formula is C26H19F3N4O4S. The molecule has 2 aromatic carbocycles. The Morgan fingerprint density at radius 3 is 2.03 bits per heavy atom. The summed E-state index contributed by atoms with van der Waals surface area (Å²) < 4.78 is 67.9. The van der Waals surface area contributed by atoms with Gasteiger partial charge in [-0.25, -0.2) is 18.4 Å². The monoisotopic (exact) mass is 540 g/mol. The van der Waals surface area contributed by atoms with Crippen molar-refractivity contribution in [2.75, 3.05) is 0 Å². The highest BCUT2D eigenvalue weighted by molar-refractivity contribution is 7.91. The van der Waals surface area contributed by atoms with Crippen molar-refractivity contribution in [2.45, 2.75) is 35.9 Å². The second-order valence-electron chi connectivity index (χ2n) is 8.86. The Balaban J connectivity index is 1.65. The van der Waals surface area contributed by atoms with E-state index >= 15 is 0 Å². The topological polar surface area (TPSA) is 122 Å². The van der Waals surface area contributed by atoms with Crippen molar-refractivity contribution in [3.05, 3.63) is 105 Å². The van der Waals surface area contributed by atoms with Crippen molar-refractivity contribution < 1.29 is 26.4 Å². The van der Waals surface area contributed by atoms with Crippen molar-refractivity contribution in [3.63, 3.8) is 0 Å². The summed E-state index contributed by atoms with van der Waals surface area (Å²) in [6.45, 7) is 3.45.